The molecule has 0 spiro atoms. The molecule has 0 fully saturated rings. The van der Waals surface area contributed by atoms with Crippen LogP contribution < -0.4 is 31.4 Å². The van der Waals surface area contributed by atoms with Gasteiger partial charge in [-0.25, -0.2) is 0 Å². The molecule has 178 valence electrons. The summed E-state index contributed by atoms with van der Waals surface area (Å²) in [4.78, 5) is 0. The second-order valence-corrected chi connectivity index (χ2v) is 8.15. The summed E-state index contributed by atoms with van der Waals surface area (Å²) in [5, 5.41) is 0. The molecular formula is C30H25N3O3. The van der Waals surface area contributed by atoms with Crippen molar-refractivity contribution in [1.82, 2.24) is 0 Å². The first-order chi connectivity index (χ1) is 17.5. The van der Waals surface area contributed by atoms with Crippen LogP contribution in [0.1, 0.15) is 0 Å². The number of ether oxygens (including phenoxy) is 3. The van der Waals surface area contributed by atoms with E-state index < -0.39 is 0 Å². The van der Waals surface area contributed by atoms with Gasteiger partial charge in [-0.2, -0.15) is 0 Å². The Bertz CT molecular complexity index is 1450. The zero-order chi connectivity index (χ0) is 24.9. The Hall–Kier alpha value is -5.10. The maximum absolute atomic E-state index is 6.44. The quantitative estimate of drug-likeness (QED) is 0.211. The monoisotopic (exact) mass is 475 g/mol. The number of rotatable bonds is 7. The molecule has 36 heavy (non-hydrogen) atoms. The molecule has 0 aliphatic heterocycles. The summed E-state index contributed by atoms with van der Waals surface area (Å²) in [6.45, 7) is 0. The third-order valence-electron chi connectivity index (χ3n) is 5.47. The second-order valence-electron chi connectivity index (χ2n) is 8.15. The molecule has 5 aromatic carbocycles. The van der Waals surface area contributed by atoms with Crippen LogP contribution >= 0.6 is 0 Å². The van der Waals surface area contributed by atoms with E-state index in [0.29, 0.717) is 51.6 Å². The van der Waals surface area contributed by atoms with Crippen molar-refractivity contribution in [3.63, 3.8) is 0 Å². The molecule has 0 heterocycles. The van der Waals surface area contributed by atoms with Crippen molar-refractivity contribution in [3.05, 3.63) is 115 Å². The zero-order valence-corrected chi connectivity index (χ0v) is 19.4. The number of nitrogens with two attached hydrogens (primary N) is 3. The lowest BCUT2D eigenvalue weighted by atomic mass is 10.0. The second kappa shape index (κ2) is 10.0. The Balaban J connectivity index is 1.67. The molecule has 0 amide bonds. The van der Waals surface area contributed by atoms with Crippen molar-refractivity contribution in [2.75, 3.05) is 17.2 Å². The van der Waals surface area contributed by atoms with E-state index in [9.17, 15) is 0 Å². The van der Waals surface area contributed by atoms with Crippen molar-refractivity contribution >= 4 is 17.1 Å². The highest BCUT2D eigenvalue weighted by Crippen LogP contribution is 2.49. The van der Waals surface area contributed by atoms with Crippen LogP contribution in [-0.2, 0) is 0 Å². The van der Waals surface area contributed by atoms with E-state index in [2.05, 4.69) is 0 Å². The molecule has 5 aromatic rings. The van der Waals surface area contributed by atoms with Gasteiger partial charge in [0, 0.05) is 22.6 Å². The van der Waals surface area contributed by atoms with Crippen molar-refractivity contribution < 1.29 is 14.2 Å². The molecule has 0 saturated carbocycles. The van der Waals surface area contributed by atoms with E-state index in [1.807, 2.05) is 54.6 Å². The lowest BCUT2D eigenvalue weighted by Crippen LogP contribution is -1.98. The molecular weight excluding hydrogens is 450 g/mol. The van der Waals surface area contributed by atoms with Gasteiger partial charge in [0.2, 0.25) is 5.75 Å². The summed E-state index contributed by atoms with van der Waals surface area (Å²) < 4.78 is 19.1. The fourth-order valence-corrected chi connectivity index (χ4v) is 3.64. The van der Waals surface area contributed by atoms with Gasteiger partial charge < -0.3 is 31.4 Å². The summed E-state index contributed by atoms with van der Waals surface area (Å²) in [5.41, 5.74) is 21.3. The highest BCUT2D eigenvalue weighted by atomic mass is 16.5. The Kier molecular flexibility index (Phi) is 6.32. The maximum atomic E-state index is 6.44. The van der Waals surface area contributed by atoms with Crippen LogP contribution in [0.5, 0.6) is 34.5 Å². The van der Waals surface area contributed by atoms with E-state index in [1.165, 1.54) is 0 Å². The van der Waals surface area contributed by atoms with Gasteiger partial charge in [-0.3, -0.25) is 0 Å². The lowest BCUT2D eigenvalue weighted by Gasteiger charge is -2.20. The highest BCUT2D eigenvalue weighted by Gasteiger charge is 2.21. The summed E-state index contributed by atoms with van der Waals surface area (Å²) in [5.74, 6) is 3.18. The molecule has 0 saturated heterocycles. The van der Waals surface area contributed by atoms with Crippen LogP contribution in [0, 0.1) is 0 Å². The minimum absolute atomic E-state index is 0.412. The Morgan fingerprint density at radius 3 is 1.33 bits per heavy atom. The average Bonchev–Trinajstić information content (AvgIpc) is 2.90. The Morgan fingerprint density at radius 1 is 0.389 bits per heavy atom. The molecule has 6 N–H and O–H groups in total. The topological polar surface area (TPSA) is 106 Å². The van der Waals surface area contributed by atoms with Gasteiger partial charge in [0.15, 0.2) is 11.5 Å². The maximum Gasteiger partial charge on any atom is 0.212 e. The molecule has 0 unspecified atom stereocenters. The summed E-state index contributed by atoms with van der Waals surface area (Å²) in [7, 11) is 0. The minimum atomic E-state index is 0.412. The average molecular weight is 476 g/mol. The Morgan fingerprint density at radius 2 is 0.833 bits per heavy atom. The van der Waals surface area contributed by atoms with Crippen LogP contribution in [0.25, 0.3) is 11.1 Å². The summed E-state index contributed by atoms with van der Waals surface area (Å²) in [6, 6.07) is 35.2. The molecule has 0 aromatic heterocycles. The number of anilines is 3. The summed E-state index contributed by atoms with van der Waals surface area (Å²) >= 11 is 0. The Labute approximate surface area is 209 Å². The van der Waals surface area contributed by atoms with Gasteiger partial charge in [0.05, 0.1) is 0 Å². The number of nitrogen functional groups attached to an aromatic ring is 3. The summed E-state index contributed by atoms with van der Waals surface area (Å²) in [6.07, 6.45) is 0. The van der Waals surface area contributed by atoms with E-state index in [-0.39, 0.29) is 0 Å². The number of benzene rings is 5. The highest BCUT2D eigenvalue weighted by molar-refractivity contribution is 5.77. The SMILES string of the molecule is Nc1ccc(Oc2ccc(-c3ccccc3)c(Oc3ccc(N)cc3)c2Oc2ccc(N)cc2)cc1. The standard InChI is InChI=1S/C30H25N3O3/c31-21-6-12-24(13-7-21)34-28-19-18-27(20-4-2-1-3-5-20)29(35-25-14-8-22(32)9-15-25)30(28)36-26-16-10-23(33)11-17-26/h1-19H,31-33H2. The predicted octanol–water partition coefficient (Wildman–Crippen LogP) is 7.48. The van der Waals surface area contributed by atoms with E-state index in [0.717, 1.165) is 11.1 Å². The molecule has 0 aliphatic rings. The van der Waals surface area contributed by atoms with Crippen molar-refractivity contribution in [2.24, 2.45) is 0 Å². The fraction of sp³-hybridized carbons (Fsp3) is 0. The third-order valence-corrected chi connectivity index (χ3v) is 5.47. The van der Waals surface area contributed by atoms with Crippen molar-refractivity contribution in [2.45, 2.75) is 0 Å². The predicted molar refractivity (Wildman–Crippen MR) is 145 cm³/mol. The van der Waals surface area contributed by atoms with E-state index in [1.54, 1.807) is 60.7 Å². The van der Waals surface area contributed by atoms with Gasteiger partial charge in [-0.15, -0.1) is 0 Å². The molecule has 0 radical (unpaired) electrons. The number of hydrogen-bond donors (Lipinski definition) is 3. The van der Waals surface area contributed by atoms with Crippen LogP contribution in [0.15, 0.2) is 115 Å². The van der Waals surface area contributed by atoms with Crippen molar-refractivity contribution in [1.29, 1.82) is 0 Å². The van der Waals surface area contributed by atoms with Crippen LogP contribution in [0.2, 0.25) is 0 Å². The number of hydrogen-bond acceptors (Lipinski definition) is 6. The molecule has 6 heteroatoms. The normalized spacial score (nSPS) is 10.6. The first-order valence-corrected chi connectivity index (χ1v) is 11.4. The van der Waals surface area contributed by atoms with Crippen LogP contribution in [-0.4, -0.2) is 0 Å². The lowest BCUT2D eigenvalue weighted by molar-refractivity contribution is 0.387. The van der Waals surface area contributed by atoms with Gasteiger partial charge >= 0.3 is 0 Å². The third kappa shape index (κ3) is 5.18. The van der Waals surface area contributed by atoms with Crippen molar-refractivity contribution in [3.8, 4) is 45.6 Å². The molecule has 5 rings (SSSR count). The largest absolute Gasteiger partial charge is 0.453 e. The fourth-order valence-electron chi connectivity index (χ4n) is 3.64. The van der Waals surface area contributed by atoms with Gasteiger partial charge in [-0.1, -0.05) is 30.3 Å². The van der Waals surface area contributed by atoms with Gasteiger partial charge in [0.1, 0.15) is 17.2 Å². The molecule has 6 nitrogen and oxygen atoms in total. The van der Waals surface area contributed by atoms with Crippen LogP contribution in [0.4, 0.5) is 17.1 Å². The van der Waals surface area contributed by atoms with Gasteiger partial charge in [-0.05, 0) is 90.5 Å². The molecule has 0 aliphatic carbocycles. The first-order valence-electron chi connectivity index (χ1n) is 11.4. The molecule has 0 bridgehead atoms. The molecule has 0 atom stereocenters. The van der Waals surface area contributed by atoms with Gasteiger partial charge in [0.25, 0.3) is 0 Å². The van der Waals surface area contributed by atoms with E-state index >= 15 is 0 Å². The minimum Gasteiger partial charge on any atom is -0.453 e. The van der Waals surface area contributed by atoms with E-state index in [4.69, 9.17) is 31.4 Å². The first kappa shape index (κ1) is 22.7. The van der Waals surface area contributed by atoms with Crippen LogP contribution in [0.3, 0.4) is 0 Å². The zero-order valence-electron chi connectivity index (χ0n) is 19.4. The smallest absolute Gasteiger partial charge is 0.212 e.